The lowest BCUT2D eigenvalue weighted by molar-refractivity contribution is -0.137. The van der Waals surface area contributed by atoms with Crippen molar-refractivity contribution in [2.75, 3.05) is 0 Å². The number of aromatic hydroxyl groups is 1. The lowest BCUT2D eigenvalue weighted by Crippen LogP contribution is -2.22. The molecule has 0 spiro atoms. The molecule has 2 aromatic heterocycles. The van der Waals surface area contributed by atoms with E-state index < -0.39 is 29.4 Å². The molecule has 2 aromatic carbocycles. The van der Waals surface area contributed by atoms with E-state index in [0.717, 1.165) is 30.5 Å². The third-order valence-electron chi connectivity index (χ3n) is 6.47. The summed E-state index contributed by atoms with van der Waals surface area (Å²) in [6.45, 7) is 2.34. The Kier molecular flexibility index (Phi) is 5.63. The summed E-state index contributed by atoms with van der Waals surface area (Å²) in [5, 5.41) is 14.8. The van der Waals surface area contributed by atoms with E-state index in [4.69, 9.17) is 4.74 Å². The van der Waals surface area contributed by atoms with Gasteiger partial charge < -0.3 is 9.84 Å². The predicted octanol–water partition coefficient (Wildman–Crippen LogP) is 4.95. The molecule has 5 rings (SSSR count). The summed E-state index contributed by atoms with van der Waals surface area (Å²) in [6.07, 6.45) is -2.79. The molecule has 35 heavy (non-hydrogen) atoms. The van der Waals surface area contributed by atoms with E-state index in [1.54, 1.807) is 4.68 Å². The number of ether oxygens (including phenoxy) is 1. The quantitative estimate of drug-likeness (QED) is 0.387. The lowest BCUT2D eigenvalue weighted by atomic mass is 9.91. The largest absolute Gasteiger partial charge is 0.480 e. The molecule has 2 N–H and O–H groups in total. The number of fused-ring (bicyclic) bond motifs is 1. The van der Waals surface area contributed by atoms with Gasteiger partial charge in [-0.2, -0.15) is 23.3 Å². The average Bonchev–Trinajstić information content (AvgIpc) is 3.45. The summed E-state index contributed by atoms with van der Waals surface area (Å²) in [5.74, 6) is 0. The van der Waals surface area contributed by atoms with Gasteiger partial charge in [-0.25, -0.2) is 4.68 Å². The molecule has 1 unspecified atom stereocenters. The molecule has 1 aliphatic carbocycles. The number of H-pyrrole nitrogens is 1. The molecular weight excluding hydrogens is 461 g/mol. The number of hydrogen-bond acceptors (Lipinski definition) is 5. The van der Waals surface area contributed by atoms with Crippen molar-refractivity contribution in [1.82, 2.24) is 19.7 Å². The molecule has 1 atom stereocenters. The zero-order valence-electron chi connectivity index (χ0n) is 18.8. The highest BCUT2D eigenvalue weighted by Crippen LogP contribution is 2.56. The van der Waals surface area contributed by atoms with Crippen LogP contribution in [0.5, 0.6) is 6.01 Å². The third-order valence-corrected chi connectivity index (χ3v) is 6.47. The Morgan fingerprint density at radius 2 is 1.80 bits per heavy atom. The van der Waals surface area contributed by atoms with E-state index in [0.29, 0.717) is 17.9 Å². The zero-order chi connectivity index (χ0) is 24.8. The smallest absolute Gasteiger partial charge is 0.416 e. The Morgan fingerprint density at radius 1 is 1.11 bits per heavy atom. The SMILES string of the molecule is CC1(C(c2ccc(C(F)(F)F)cc2)n2nc(COCc3ccccc3)c3c(=O)[nH]c(O)nc32)CC1. The first kappa shape index (κ1) is 23.1. The van der Waals surface area contributed by atoms with Crippen LogP contribution in [0.15, 0.2) is 59.4 Å². The van der Waals surface area contributed by atoms with Crippen LogP contribution in [-0.2, 0) is 24.1 Å². The second-order valence-electron chi connectivity index (χ2n) is 9.13. The van der Waals surface area contributed by atoms with Gasteiger partial charge in [-0.15, -0.1) is 0 Å². The minimum absolute atomic E-state index is 0.0182. The van der Waals surface area contributed by atoms with E-state index in [1.807, 2.05) is 37.3 Å². The van der Waals surface area contributed by atoms with E-state index in [1.165, 1.54) is 12.1 Å². The molecule has 1 aliphatic rings. The van der Waals surface area contributed by atoms with Crippen molar-refractivity contribution in [3.05, 3.63) is 87.3 Å². The third kappa shape index (κ3) is 4.53. The van der Waals surface area contributed by atoms with E-state index in [-0.39, 0.29) is 23.1 Å². The maximum atomic E-state index is 13.1. The van der Waals surface area contributed by atoms with Gasteiger partial charge in [-0.1, -0.05) is 49.4 Å². The van der Waals surface area contributed by atoms with Crippen LogP contribution in [0.3, 0.4) is 0 Å². The second kappa shape index (κ2) is 8.53. The van der Waals surface area contributed by atoms with E-state index in [2.05, 4.69) is 15.1 Å². The number of alkyl halides is 3. The highest BCUT2D eigenvalue weighted by Gasteiger charge is 2.48. The molecule has 7 nitrogen and oxygen atoms in total. The summed E-state index contributed by atoms with van der Waals surface area (Å²) < 4.78 is 46.7. The van der Waals surface area contributed by atoms with Gasteiger partial charge in [-0.05, 0) is 41.5 Å². The molecule has 0 aliphatic heterocycles. The van der Waals surface area contributed by atoms with Crippen LogP contribution in [-0.4, -0.2) is 24.9 Å². The molecule has 0 radical (unpaired) electrons. The fraction of sp³-hybridized carbons (Fsp3) is 0.320. The molecule has 0 saturated heterocycles. The Balaban J connectivity index is 1.56. The number of benzene rings is 2. The standard InChI is InChI=1S/C25H23F3N4O3/c1-24(11-12-24)20(16-7-9-17(10-8-16)25(26,27)28)32-21-19(22(33)30-23(34)29-21)18(31-32)14-35-13-15-5-3-2-4-6-15/h2-10,20H,11-14H2,1H3,(H2,29,30,33,34). The molecule has 0 bridgehead atoms. The molecule has 2 heterocycles. The number of aromatic nitrogens is 4. The van der Waals surface area contributed by atoms with Crippen molar-refractivity contribution in [1.29, 1.82) is 0 Å². The molecule has 0 amide bonds. The first-order valence-corrected chi connectivity index (χ1v) is 11.1. The minimum Gasteiger partial charge on any atom is -0.480 e. The summed E-state index contributed by atoms with van der Waals surface area (Å²) in [5.41, 5.74) is 0.460. The van der Waals surface area contributed by atoms with Crippen molar-refractivity contribution < 1.29 is 23.0 Å². The van der Waals surface area contributed by atoms with Gasteiger partial charge in [0.1, 0.15) is 11.1 Å². The van der Waals surface area contributed by atoms with E-state index >= 15 is 0 Å². The van der Waals surface area contributed by atoms with Crippen LogP contribution in [0.2, 0.25) is 0 Å². The van der Waals surface area contributed by atoms with Crippen molar-refractivity contribution in [3.63, 3.8) is 0 Å². The first-order chi connectivity index (χ1) is 16.7. The number of halogens is 3. The average molecular weight is 484 g/mol. The summed E-state index contributed by atoms with van der Waals surface area (Å²) >= 11 is 0. The maximum absolute atomic E-state index is 13.1. The molecule has 1 saturated carbocycles. The summed E-state index contributed by atoms with van der Waals surface area (Å²) in [4.78, 5) is 19.2. The van der Waals surface area contributed by atoms with Crippen LogP contribution in [0.4, 0.5) is 13.2 Å². The number of rotatable bonds is 7. The molecular formula is C25H23F3N4O3. The van der Waals surface area contributed by atoms with Gasteiger partial charge in [0.2, 0.25) is 0 Å². The van der Waals surface area contributed by atoms with Crippen molar-refractivity contribution in [2.45, 2.75) is 45.2 Å². The Labute approximate surface area is 198 Å². The van der Waals surface area contributed by atoms with Crippen LogP contribution >= 0.6 is 0 Å². The Bertz CT molecular complexity index is 1410. The van der Waals surface area contributed by atoms with Gasteiger partial charge >= 0.3 is 6.18 Å². The fourth-order valence-corrected chi connectivity index (χ4v) is 4.39. The Hall–Kier alpha value is -3.66. The highest BCUT2D eigenvalue weighted by molar-refractivity contribution is 5.77. The number of nitrogens with zero attached hydrogens (tertiary/aromatic N) is 3. The predicted molar refractivity (Wildman–Crippen MR) is 122 cm³/mol. The second-order valence-corrected chi connectivity index (χ2v) is 9.13. The number of nitrogens with one attached hydrogen (secondary N) is 1. The van der Waals surface area contributed by atoms with Gasteiger partial charge in [-0.3, -0.25) is 9.78 Å². The summed E-state index contributed by atoms with van der Waals surface area (Å²) in [7, 11) is 0. The van der Waals surface area contributed by atoms with Crippen molar-refractivity contribution >= 4 is 11.0 Å². The van der Waals surface area contributed by atoms with Gasteiger partial charge in [0.25, 0.3) is 11.6 Å². The number of aromatic amines is 1. The monoisotopic (exact) mass is 484 g/mol. The van der Waals surface area contributed by atoms with Crippen LogP contribution in [0.1, 0.15) is 48.2 Å². The molecule has 1 fully saturated rings. The first-order valence-electron chi connectivity index (χ1n) is 11.1. The van der Waals surface area contributed by atoms with Crippen molar-refractivity contribution in [2.24, 2.45) is 5.41 Å². The van der Waals surface area contributed by atoms with Gasteiger partial charge in [0, 0.05) is 0 Å². The highest BCUT2D eigenvalue weighted by atomic mass is 19.4. The van der Waals surface area contributed by atoms with Crippen LogP contribution in [0, 0.1) is 5.41 Å². The lowest BCUT2D eigenvalue weighted by Gasteiger charge is -2.25. The van der Waals surface area contributed by atoms with Crippen molar-refractivity contribution in [3.8, 4) is 6.01 Å². The van der Waals surface area contributed by atoms with Gasteiger partial charge in [0.15, 0.2) is 5.65 Å². The summed E-state index contributed by atoms with van der Waals surface area (Å²) in [6, 6.07) is 13.4. The van der Waals surface area contributed by atoms with Crippen LogP contribution < -0.4 is 5.56 Å². The number of hydrogen-bond donors (Lipinski definition) is 2. The molecule has 10 heteroatoms. The fourth-order valence-electron chi connectivity index (χ4n) is 4.39. The maximum Gasteiger partial charge on any atom is 0.416 e. The van der Waals surface area contributed by atoms with E-state index in [9.17, 15) is 23.1 Å². The Morgan fingerprint density at radius 3 is 2.43 bits per heavy atom. The van der Waals surface area contributed by atoms with Crippen LogP contribution in [0.25, 0.3) is 11.0 Å². The molecule has 182 valence electrons. The molecule has 4 aromatic rings. The minimum atomic E-state index is -4.44. The topological polar surface area (TPSA) is 93.0 Å². The zero-order valence-corrected chi connectivity index (χ0v) is 18.8. The van der Waals surface area contributed by atoms with Gasteiger partial charge in [0.05, 0.1) is 24.8 Å². The normalized spacial score (nSPS) is 15.9.